The van der Waals surface area contributed by atoms with E-state index in [4.69, 9.17) is 5.26 Å². The SMILES string of the molecule is CC(C#N)=CC(C)N1CCN2C(=O)CCC2C1. The van der Waals surface area contributed by atoms with Crippen molar-refractivity contribution < 1.29 is 4.79 Å². The van der Waals surface area contributed by atoms with Crippen LogP contribution in [-0.2, 0) is 4.79 Å². The number of allylic oxidation sites excluding steroid dienone is 1. The first-order valence-electron chi connectivity index (χ1n) is 6.24. The minimum Gasteiger partial charge on any atom is -0.337 e. The number of hydrogen-bond acceptors (Lipinski definition) is 3. The molecule has 4 heteroatoms. The highest BCUT2D eigenvalue weighted by atomic mass is 16.2. The lowest BCUT2D eigenvalue weighted by molar-refractivity contribution is -0.130. The molecule has 0 saturated carbocycles. The van der Waals surface area contributed by atoms with Crippen molar-refractivity contribution in [3.63, 3.8) is 0 Å². The Hall–Kier alpha value is -1.34. The second-order valence-corrected chi connectivity index (χ2v) is 4.98. The second-order valence-electron chi connectivity index (χ2n) is 4.98. The smallest absolute Gasteiger partial charge is 0.222 e. The van der Waals surface area contributed by atoms with Crippen molar-refractivity contribution in [3.8, 4) is 6.07 Å². The molecule has 2 rings (SSSR count). The summed E-state index contributed by atoms with van der Waals surface area (Å²) < 4.78 is 0. The molecule has 2 saturated heterocycles. The van der Waals surface area contributed by atoms with Crippen molar-refractivity contribution in [1.29, 1.82) is 5.26 Å². The Morgan fingerprint density at radius 3 is 3.06 bits per heavy atom. The predicted molar refractivity (Wildman–Crippen MR) is 65.1 cm³/mol. The minimum absolute atomic E-state index is 0.285. The van der Waals surface area contributed by atoms with Gasteiger partial charge in [-0.3, -0.25) is 9.69 Å². The number of carbonyl (C=O) groups excluding carboxylic acids is 1. The Bertz CT molecular complexity index is 383. The van der Waals surface area contributed by atoms with Crippen molar-refractivity contribution in [3.05, 3.63) is 11.6 Å². The van der Waals surface area contributed by atoms with Gasteiger partial charge in [0, 0.05) is 43.7 Å². The van der Waals surface area contributed by atoms with E-state index in [9.17, 15) is 4.79 Å². The summed E-state index contributed by atoms with van der Waals surface area (Å²) in [5, 5.41) is 8.78. The lowest BCUT2D eigenvalue weighted by Crippen LogP contribution is -2.53. The Kier molecular flexibility index (Phi) is 3.49. The lowest BCUT2D eigenvalue weighted by Gasteiger charge is -2.39. The molecule has 1 amide bonds. The average Bonchev–Trinajstić information content (AvgIpc) is 2.70. The van der Waals surface area contributed by atoms with Crippen molar-refractivity contribution in [2.75, 3.05) is 19.6 Å². The van der Waals surface area contributed by atoms with Crippen LogP contribution in [0.15, 0.2) is 11.6 Å². The number of piperazine rings is 1. The Labute approximate surface area is 102 Å². The Morgan fingerprint density at radius 1 is 1.59 bits per heavy atom. The minimum atomic E-state index is 0.285. The Morgan fingerprint density at radius 2 is 2.35 bits per heavy atom. The van der Waals surface area contributed by atoms with Gasteiger partial charge in [-0.25, -0.2) is 0 Å². The summed E-state index contributed by atoms with van der Waals surface area (Å²) in [6.45, 7) is 6.66. The van der Waals surface area contributed by atoms with Crippen molar-refractivity contribution in [2.24, 2.45) is 0 Å². The van der Waals surface area contributed by atoms with Crippen molar-refractivity contribution in [1.82, 2.24) is 9.80 Å². The first-order valence-corrected chi connectivity index (χ1v) is 6.24. The average molecular weight is 233 g/mol. The van der Waals surface area contributed by atoms with Crippen LogP contribution in [0.25, 0.3) is 0 Å². The van der Waals surface area contributed by atoms with Gasteiger partial charge in [0.05, 0.1) is 6.07 Å². The fourth-order valence-corrected chi connectivity index (χ4v) is 2.76. The molecule has 0 radical (unpaired) electrons. The zero-order valence-corrected chi connectivity index (χ0v) is 10.5. The van der Waals surface area contributed by atoms with Crippen LogP contribution in [0, 0.1) is 11.3 Å². The van der Waals surface area contributed by atoms with Gasteiger partial charge < -0.3 is 4.90 Å². The zero-order valence-electron chi connectivity index (χ0n) is 10.5. The number of nitriles is 1. The van der Waals surface area contributed by atoms with Gasteiger partial charge in [0.1, 0.15) is 0 Å². The molecule has 0 aliphatic carbocycles. The third kappa shape index (κ3) is 2.50. The van der Waals surface area contributed by atoms with E-state index in [2.05, 4.69) is 17.9 Å². The van der Waals surface area contributed by atoms with Crippen LogP contribution in [0.2, 0.25) is 0 Å². The molecule has 0 aromatic carbocycles. The summed E-state index contributed by atoms with van der Waals surface area (Å²) in [4.78, 5) is 15.9. The van der Waals surface area contributed by atoms with Crippen molar-refractivity contribution >= 4 is 5.91 Å². The quantitative estimate of drug-likeness (QED) is 0.672. The monoisotopic (exact) mass is 233 g/mol. The summed E-state index contributed by atoms with van der Waals surface area (Å²) in [5.74, 6) is 0.311. The molecule has 2 atom stereocenters. The van der Waals surface area contributed by atoms with Gasteiger partial charge in [-0.05, 0) is 20.3 Å². The summed E-state index contributed by atoms with van der Waals surface area (Å²) >= 11 is 0. The van der Waals surface area contributed by atoms with Crippen LogP contribution in [0.5, 0.6) is 0 Å². The number of nitrogens with zero attached hydrogens (tertiary/aromatic N) is 3. The van der Waals surface area contributed by atoms with Crippen LogP contribution in [0.1, 0.15) is 26.7 Å². The van der Waals surface area contributed by atoms with Gasteiger partial charge in [-0.2, -0.15) is 5.26 Å². The van der Waals surface area contributed by atoms with Crippen LogP contribution in [-0.4, -0.2) is 47.4 Å². The molecule has 0 aromatic rings. The molecule has 0 spiro atoms. The largest absolute Gasteiger partial charge is 0.337 e. The molecule has 92 valence electrons. The predicted octanol–water partition coefficient (Wildman–Crippen LogP) is 1.15. The molecule has 2 unspecified atom stereocenters. The molecule has 2 aliphatic heterocycles. The molecule has 17 heavy (non-hydrogen) atoms. The number of amides is 1. The maximum absolute atomic E-state index is 11.6. The molecule has 0 bridgehead atoms. The van der Waals surface area contributed by atoms with Crippen LogP contribution in [0.4, 0.5) is 0 Å². The number of rotatable bonds is 2. The van der Waals surface area contributed by atoms with Gasteiger partial charge in [-0.1, -0.05) is 6.08 Å². The van der Waals surface area contributed by atoms with E-state index >= 15 is 0 Å². The highest BCUT2D eigenvalue weighted by molar-refractivity contribution is 5.78. The van der Waals surface area contributed by atoms with E-state index in [1.54, 1.807) is 0 Å². The summed E-state index contributed by atoms with van der Waals surface area (Å²) in [6, 6.07) is 2.84. The first-order chi connectivity index (χ1) is 8.11. The molecular formula is C13H19N3O. The van der Waals surface area contributed by atoms with Gasteiger partial charge >= 0.3 is 0 Å². The summed E-state index contributed by atoms with van der Waals surface area (Å²) in [7, 11) is 0. The maximum Gasteiger partial charge on any atom is 0.222 e. The normalized spacial score (nSPS) is 27.8. The standard InChI is InChI=1S/C13H19N3O/c1-10(8-14)7-11(2)15-5-6-16-12(9-15)3-4-13(16)17/h7,11-12H,3-6,9H2,1-2H3. The molecule has 0 aromatic heterocycles. The fourth-order valence-electron chi connectivity index (χ4n) is 2.76. The van der Waals surface area contributed by atoms with E-state index in [1.165, 1.54) is 0 Å². The highest BCUT2D eigenvalue weighted by Gasteiger charge is 2.36. The third-order valence-corrected chi connectivity index (χ3v) is 3.77. The van der Waals surface area contributed by atoms with Gasteiger partial charge in [0.25, 0.3) is 0 Å². The molecule has 4 nitrogen and oxygen atoms in total. The summed E-state index contributed by atoms with van der Waals surface area (Å²) in [6.07, 6.45) is 3.70. The molecule has 2 fully saturated rings. The third-order valence-electron chi connectivity index (χ3n) is 3.77. The topological polar surface area (TPSA) is 47.3 Å². The number of hydrogen-bond donors (Lipinski definition) is 0. The highest BCUT2D eigenvalue weighted by Crippen LogP contribution is 2.24. The maximum atomic E-state index is 11.6. The number of fused-ring (bicyclic) bond motifs is 1. The van der Waals surface area contributed by atoms with E-state index in [-0.39, 0.29) is 6.04 Å². The molecule has 2 aliphatic rings. The fraction of sp³-hybridized carbons (Fsp3) is 0.692. The first kappa shape index (κ1) is 12.1. The van der Waals surface area contributed by atoms with E-state index in [0.717, 1.165) is 31.6 Å². The molecule has 2 heterocycles. The van der Waals surface area contributed by atoms with E-state index in [1.807, 2.05) is 17.9 Å². The summed E-state index contributed by atoms with van der Waals surface area (Å²) in [5.41, 5.74) is 0.766. The van der Waals surface area contributed by atoms with Crippen molar-refractivity contribution in [2.45, 2.75) is 38.8 Å². The Balaban J connectivity index is 1.98. The molecular weight excluding hydrogens is 214 g/mol. The van der Waals surface area contributed by atoms with Crippen LogP contribution < -0.4 is 0 Å². The zero-order chi connectivity index (χ0) is 12.4. The van der Waals surface area contributed by atoms with Gasteiger partial charge in [-0.15, -0.1) is 0 Å². The van der Waals surface area contributed by atoms with Crippen LogP contribution >= 0.6 is 0 Å². The van der Waals surface area contributed by atoms with E-state index < -0.39 is 0 Å². The molecule has 0 N–H and O–H groups in total. The second kappa shape index (κ2) is 4.89. The van der Waals surface area contributed by atoms with Crippen LogP contribution in [0.3, 0.4) is 0 Å². The van der Waals surface area contributed by atoms with Gasteiger partial charge in [0.15, 0.2) is 0 Å². The van der Waals surface area contributed by atoms with E-state index in [0.29, 0.717) is 18.4 Å². The lowest BCUT2D eigenvalue weighted by atomic mass is 10.1. The number of carbonyl (C=O) groups is 1. The van der Waals surface area contributed by atoms with Gasteiger partial charge in [0.2, 0.25) is 5.91 Å².